The number of ether oxygens (including phenoxy) is 3. The molecule has 0 radical (unpaired) electrons. The molecule has 0 saturated carbocycles. The van der Waals surface area contributed by atoms with Crippen LogP contribution in [0.4, 0.5) is 0 Å². The summed E-state index contributed by atoms with van der Waals surface area (Å²) >= 11 is 0. The standard InChI is InChI=1S/C13H15NO4/c15-13(9-3-1-5-14-7-9)18-11-8-17-10-4-2-6-16-12(10)11/h1,3,5,7,10-12H,2,4,6,8H2/t10?,11-,12?/m1/s1. The number of aromatic nitrogens is 1. The fourth-order valence-electron chi connectivity index (χ4n) is 2.40. The molecular formula is C13H15NO4. The first kappa shape index (κ1) is 11.6. The van der Waals surface area contributed by atoms with E-state index in [1.54, 1.807) is 18.3 Å². The molecule has 3 rings (SSSR count). The zero-order valence-corrected chi connectivity index (χ0v) is 9.95. The molecule has 2 fully saturated rings. The summed E-state index contributed by atoms with van der Waals surface area (Å²) in [7, 11) is 0. The van der Waals surface area contributed by atoms with Gasteiger partial charge in [-0.15, -0.1) is 0 Å². The van der Waals surface area contributed by atoms with Crippen molar-refractivity contribution in [1.82, 2.24) is 4.98 Å². The second kappa shape index (κ2) is 5.04. The maximum atomic E-state index is 11.9. The van der Waals surface area contributed by atoms with E-state index in [2.05, 4.69) is 4.98 Å². The molecule has 5 nitrogen and oxygen atoms in total. The third-order valence-electron chi connectivity index (χ3n) is 3.31. The van der Waals surface area contributed by atoms with Crippen molar-refractivity contribution in [3.8, 4) is 0 Å². The van der Waals surface area contributed by atoms with E-state index in [9.17, 15) is 4.79 Å². The van der Waals surface area contributed by atoms with Gasteiger partial charge in [-0.05, 0) is 25.0 Å². The summed E-state index contributed by atoms with van der Waals surface area (Å²) < 4.78 is 16.7. The summed E-state index contributed by atoms with van der Waals surface area (Å²) in [6.45, 7) is 1.13. The van der Waals surface area contributed by atoms with Gasteiger partial charge in [-0.1, -0.05) is 0 Å². The molecule has 2 aliphatic rings. The Bertz CT molecular complexity index is 422. The molecule has 2 aliphatic heterocycles. The van der Waals surface area contributed by atoms with Crippen molar-refractivity contribution >= 4 is 5.97 Å². The Morgan fingerprint density at radius 1 is 1.44 bits per heavy atom. The Hall–Kier alpha value is -1.46. The van der Waals surface area contributed by atoms with Crippen LogP contribution in [-0.4, -0.2) is 42.5 Å². The number of fused-ring (bicyclic) bond motifs is 1. The van der Waals surface area contributed by atoms with E-state index in [4.69, 9.17) is 14.2 Å². The normalized spacial score (nSPS) is 30.8. The van der Waals surface area contributed by atoms with Crippen LogP contribution in [-0.2, 0) is 14.2 Å². The second-order valence-electron chi connectivity index (χ2n) is 4.53. The average molecular weight is 249 g/mol. The summed E-state index contributed by atoms with van der Waals surface area (Å²) in [6, 6.07) is 3.39. The van der Waals surface area contributed by atoms with Gasteiger partial charge in [0.2, 0.25) is 0 Å². The molecule has 0 amide bonds. The van der Waals surface area contributed by atoms with Crippen molar-refractivity contribution in [2.24, 2.45) is 0 Å². The van der Waals surface area contributed by atoms with Crippen LogP contribution in [0.15, 0.2) is 24.5 Å². The zero-order valence-electron chi connectivity index (χ0n) is 9.95. The van der Waals surface area contributed by atoms with Gasteiger partial charge in [-0.25, -0.2) is 4.79 Å². The summed E-state index contributed by atoms with van der Waals surface area (Å²) in [5.41, 5.74) is 0.455. The van der Waals surface area contributed by atoms with Gasteiger partial charge in [0.1, 0.15) is 6.10 Å². The molecule has 0 spiro atoms. The van der Waals surface area contributed by atoms with Crippen molar-refractivity contribution in [3.05, 3.63) is 30.1 Å². The molecule has 2 saturated heterocycles. The molecule has 1 aromatic rings. The van der Waals surface area contributed by atoms with E-state index in [0.717, 1.165) is 12.8 Å². The summed E-state index contributed by atoms with van der Waals surface area (Å²) in [5.74, 6) is -0.369. The highest BCUT2D eigenvalue weighted by atomic mass is 16.6. The Kier molecular flexibility index (Phi) is 3.25. The highest BCUT2D eigenvalue weighted by molar-refractivity contribution is 5.89. The fourth-order valence-corrected chi connectivity index (χ4v) is 2.40. The first-order valence-electron chi connectivity index (χ1n) is 6.19. The monoisotopic (exact) mass is 249 g/mol. The number of nitrogens with zero attached hydrogens (tertiary/aromatic N) is 1. The highest BCUT2D eigenvalue weighted by Crippen LogP contribution is 2.28. The molecule has 0 aliphatic carbocycles. The van der Waals surface area contributed by atoms with Crippen LogP contribution in [0.5, 0.6) is 0 Å². The van der Waals surface area contributed by atoms with E-state index < -0.39 is 0 Å². The molecule has 0 aromatic carbocycles. The number of hydrogen-bond donors (Lipinski definition) is 0. The molecule has 1 aromatic heterocycles. The van der Waals surface area contributed by atoms with Gasteiger partial charge < -0.3 is 14.2 Å². The topological polar surface area (TPSA) is 57.7 Å². The number of rotatable bonds is 2. The number of carbonyl (C=O) groups excluding carboxylic acids is 1. The van der Waals surface area contributed by atoms with E-state index in [1.165, 1.54) is 6.20 Å². The largest absolute Gasteiger partial charge is 0.453 e. The number of hydrogen-bond acceptors (Lipinski definition) is 5. The quantitative estimate of drug-likeness (QED) is 0.737. The summed E-state index contributed by atoms with van der Waals surface area (Å²) in [6.07, 6.45) is 4.76. The van der Waals surface area contributed by atoms with Gasteiger partial charge in [-0.2, -0.15) is 0 Å². The lowest BCUT2D eigenvalue weighted by Crippen LogP contribution is -2.39. The molecule has 96 valence electrons. The molecular weight excluding hydrogens is 234 g/mol. The minimum absolute atomic E-state index is 0.0745. The lowest BCUT2D eigenvalue weighted by Gasteiger charge is -2.27. The number of pyridine rings is 1. The van der Waals surface area contributed by atoms with E-state index >= 15 is 0 Å². The molecule has 0 N–H and O–H groups in total. The predicted octanol–water partition coefficient (Wildman–Crippen LogP) is 1.18. The SMILES string of the molecule is O=C(O[C@@H]1COC2CCCOC21)c1cccnc1. The Morgan fingerprint density at radius 3 is 3.22 bits per heavy atom. The van der Waals surface area contributed by atoms with Gasteiger partial charge in [0.25, 0.3) is 0 Å². The minimum atomic E-state index is -0.369. The van der Waals surface area contributed by atoms with Crippen molar-refractivity contribution < 1.29 is 19.0 Å². The van der Waals surface area contributed by atoms with Gasteiger partial charge in [0.05, 0.1) is 18.3 Å². The van der Waals surface area contributed by atoms with E-state index in [-0.39, 0.29) is 24.3 Å². The van der Waals surface area contributed by atoms with E-state index in [1.807, 2.05) is 0 Å². The van der Waals surface area contributed by atoms with Gasteiger partial charge in [0.15, 0.2) is 6.10 Å². The van der Waals surface area contributed by atoms with Gasteiger partial charge >= 0.3 is 5.97 Å². The first-order valence-corrected chi connectivity index (χ1v) is 6.19. The van der Waals surface area contributed by atoms with Crippen LogP contribution in [0, 0.1) is 0 Å². The van der Waals surface area contributed by atoms with E-state index in [0.29, 0.717) is 18.8 Å². The lowest BCUT2D eigenvalue weighted by atomic mass is 10.0. The van der Waals surface area contributed by atoms with Gasteiger partial charge in [-0.3, -0.25) is 4.98 Å². The first-order chi connectivity index (χ1) is 8.84. The Balaban J connectivity index is 1.65. The van der Waals surface area contributed by atoms with Crippen molar-refractivity contribution in [3.63, 3.8) is 0 Å². The smallest absolute Gasteiger partial charge is 0.340 e. The van der Waals surface area contributed by atoms with Crippen molar-refractivity contribution in [2.75, 3.05) is 13.2 Å². The van der Waals surface area contributed by atoms with Crippen molar-refractivity contribution in [2.45, 2.75) is 31.2 Å². The highest BCUT2D eigenvalue weighted by Gasteiger charge is 2.42. The van der Waals surface area contributed by atoms with Crippen molar-refractivity contribution in [1.29, 1.82) is 0 Å². The average Bonchev–Trinajstić information content (AvgIpc) is 2.83. The third kappa shape index (κ3) is 2.23. The lowest BCUT2D eigenvalue weighted by molar-refractivity contribution is -0.0737. The van der Waals surface area contributed by atoms with Crippen LogP contribution in [0.3, 0.4) is 0 Å². The van der Waals surface area contributed by atoms with Crippen LogP contribution in [0.25, 0.3) is 0 Å². The predicted molar refractivity (Wildman–Crippen MR) is 62.2 cm³/mol. The minimum Gasteiger partial charge on any atom is -0.453 e. The number of esters is 1. The molecule has 3 heterocycles. The van der Waals surface area contributed by atoms with Crippen LogP contribution in [0.2, 0.25) is 0 Å². The van der Waals surface area contributed by atoms with Crippen LogP contribution >= 0.6 is 0 Å². The third-order valence-corrected chi connectivity index (χ3v) is 3.31. The molecule has 18 heavy (non-hydrogen) atoms. The Morgan fingerprint density at radius 2 is 2.39 bits per heavy atom. The second-order valence-corrected chi connectivity index (χ2v) is 4.53. The van der Waals surface area contributed by atoms with Crippen LogP contribution < -0.4 is 0 Å². The molecule has 5 heteroatoms. The molecule has 2 unspecified atom stereocenters. The number of carbonyl (C=O) groups is 1. The summed E-state index contributed by atoms with van der Waals surface area (Å²) in [5, 5.41) is 0. The molecule has 3 atom stereocenters. The van der Waals surface area contributed by atoms with Gasteiger partial charge in [0, 0.05) is 19.0 Å². The zero-order chi connectivity index (χ0) is 12.4. The maximum Gasteiger partial charge on any atom is 0.340 e. The maximum absolute atomic E-state index is 11.9. The Labute approximate surface area is 105 Å². The summed E-state index contributed by atoms with van der Waals surface area (Å²) in [4.78, 5) is 15.8. The van der Waals surface area contributed by atoms with Crippen LogP contribution in [0.1, 0.15) is 23.2 Å². The fraction of sp³-hybridized carbons (Fsp3) is 0.538. The molecule has 0 bridgehead atoms.